The fourth-order valence-corrected chi connectivity index (χ4v) is 2.73. The minimum atomic E-state index is -0.0878. The lowest BCUT2D eigenvalue weighted by molar-refractivity contribution is -0.116. The van der Waals surface area contributed by atoms with Gasteiger partial charge in [-0.1, -0.05) is 6.07 Å². The zero-order valence-corrected chi connectivity index (χ0v) is 13.7. The second-order valence-electron chi connectivity index (χ2n) is 4.53. The molecule has 22 heavy (non-hydrogen) atoms. The Labute approximate surface area is 133 Å². The van der Waals surface area contributed by atoms with E-state index >= 15 is 0 Å². The molecule has 0 atom stereocenters. The molecule has 0 bridgehead atoms. The molecule has 1 aromatic carbocycles. The quantitative estimate of drug-likeness (QED) is 0.850. The van der Waals surface area contributed by atoms with Crippen LogP contribution in [0.15, 0.2) is 29.6 Å². The normalized spacial score (nSPS) is 10.1. The molecule has 0 aliphatic carbocycles. The number of aryl methyl sites for hydroxylation is 1. The first kappa shape index (κ1) is 16.2. The average molecular weight is 321 g/mol. The molecule has 0 radical (unpaired) electrons. The first-order chi connectivity index (χ1) is 10.7. The first-order valence-corrected chi connectivity index (χ1v) is 7.68. The van der Waals surface area contributed by atoms with E-state index in [2.05, 4.69) is 5.32 Å². The maximum Gasteiger partial charge on any atom is 0.224 e. The molecule has 0 unspecified atom stereocenters. The zero-order chi connectivity index (χ0) is 15.9. The van der Waals surface area contributed by atoms with Crippen molar-refractivity contribution >= 4 is 22.9 Å². The van der Waals surface area contributed by atoms with E-state index in [4.69, 9.17) is 14.2 Å². The second-order valence-corrected chi connectivity index (χ2v) is 5.57. The Morgan fingerprint density at radius 2 is 1.82 bits per heavy atom. The number of amides is 1. The van der Waals surface area contributed by atoms with E-state index in [9.17, 15) is 4.79 Å². The lowest BCUT2D eigenvalue weighted by Gasteiger charge is -2.15. The molecule has 1 aromatic heterocycles. The van der Waals surface area contributed by atoms with Gasteiger partial charge in [-0.05, 0) is 17.9 Å². The summed E-state index contributed by atoms with van der Waals surface area (Å²) in [4.78, 5) is 13.3. The molecule has 0 aliphatic rings. The third-order valence-corrected chi connectivity index (χ3v) is 4.09. The fourth-order valence-electron chi connectivity index (χ4n) is 2.02. The molecule has 0 saturated carbocycles. The van der Waals surface area contributed by atoms with Gasteiger partial charge in [0.2, 0.25) is 5.91 Å². The van der Waals surface area contributed by atoms with Gasteiger partial charge >= 0.3 is 0 Å². The zero-order valence-electron chi connectivity index (χ0n) is 12.8. The minimum Gasteiger partial charge on any atom is -0.496 e. The number of hydrogen-bond donors (Lipinski definition) is 1. The van der Waals surface area contributed by atoms with Gasteiger partial charge < -0.3 is 19.5 Å². The topological polar surface area (TPSA) is 56.8 Å². The summed E-state index contributed by atoms with van der Waals surface area (Å²) in [5, 5.41) is 4.86. The monoisotopic (exact) mass is 321 g/mol. The van der Waals surface area contributed by atoms with Gasteiger partial charge in [0.05, 0.1) is 21.3 Å². The van der Waals surface area contributed by atoms with Crippen molar-refractivity contribution in [3.8, 4) is 17.2 Å². The van der Waals surface area contributed by atoms with E-state index in [1.165, 1.54) is 19.1 Å². The van der Waals surface area contributed by atoms with E-state index < -0.39 is 0 Å². The highest BCUT2D eigenvalue weighted by atomic mass is 32.1. The highest BCUT2D eigenvalue weighted by Crippen LogP contribution is 2.38. The van der Waals surface area contributed by atoms with E-state index in [-0.39, 0.29) is 5.91 Å². The summed E-state index contributed by atoms with van der Waals surface area (Å²) >= 11 is 1.65. The Bertz CT molecular complexity index is 600. The molecule has 0 saturated heterocycles. The Morgan fingerprint density at radius 1 is 1.14 bits per heavy atom. The number of benzene rings is 1. The summed E-state index contributed by atoms with van der Waals surface area (Å²) in [5.41, 5.74) is 0.516. The lowest BCUT2D eigenvalue weighted by atomic mass is 10.2. The standard InChI is InChI=1S/C16H19NO4S/c1-19-11-9-13(20-2)16(14(10-11)21-3)17-15(18)7-6-12-5-4-8-22-12/h4-5,8-10H,6-7H2,1-3H3,(H,17,18). The van der Waals surface area contributed by atoms with E-state index in [1.807, 2.05) is 17.5 Å². The highest BCUT2D eigenvalue weighted by Gasteiger charge is 2.15. The summed E-state index contributed by atoms with van der Waals surface area (Å²) in [6.07, 6.45) is 1.11. The van der Waals surface area contributed by atoms with Crippen molar-refractivity contribution in [3.05, 3.63) is 34.5 Å². The van der Waals surface area contributed by atoms with Crippen molar-refractivity contribution in [3.63, 3.8) is 0 Å². The largest absolute Gasteiger partial charge is 0.496 e. The molecule has 2 aromatic rings. The second kappa shape index (κ2) is 7.70. The molecular weight excluding hydrogens is 302 g/mol. The Kier molecular flexibility index (Phi) is 5.66. The highest BCUT2D eigenvalue weighted by molar-refractivity contribution is 7.09. The van der Waals surface area contributed by atoms with Crippen molar-refractivity contribution in [1.29, 1.82) is 0 Å². The van der Waals surface area contributed by atoms with E-state index in [0.717, 1.165) is 0 Å². The van der Waals surface area contributed by atoms with Crippen LogP contribution in [0.3, 0.4) is 0 Å². The van der Waals surface area contributed by atoms with Gasteiger partial charge in [-0.3, -0.25) is 4.79 Å². The molecule has 5 nitrogen and oxygen atoms in total. The number of carbonyl (C=O) groups excluding carboxylic acids is 1. The number of thiophene rings is 1. The average Bonchev–Trinajstić information content (AvgIpc) is 3.06. The number of hydrogen-bond acceptors (Lipinski definition) is 5. The molecule has 1 amide bonds. The van der Waals surface area contributed by atoms with Crippen LogP contribution in [0.25, 0.3) is 0 Å². The smallest absolute Gasteiger partial charge is 0.224 e. The van der Waals surface area contributed by atoms with Gasteiger partial charge in [-0.2, -0.15) is 0 Å². The molecule has 1 N–H and O–H groups in total. The van der Waals surface area contributed by atoms with Crippen LogP contribution in [0.4, 0.5) is 5.69 Å². The summed E-state index contributed by atoms with van der Waals surface area (Å²) < 4.78 is 15.8. The van der Waals surface area contributed by atoms with Crippen LogP contribution in [0.5, 0.6) is 17.2 Å². The first-order valence-electron chi connectivity index (χ1n) is 6.80. The van der Waals surface area contributed by atoms with Gasteiger partial charge in [-0.25, -0.2) is 0 Å². The Morgan fingerprint density at radius 3 is 2.32 bits per heavy atom. The third kappa shape index (κ3) is 3.92. The maximum atomic E-state index is 12.1. The van der Waals surface area contributed by atoms with Crippen molar-refractivity contribution in [1.82, 2.24) is 0 Å². The summed E-state index contributed by atoms with van der Waals surface area (Å²) in [5.74, 6) is 1.52. The van der Waals surface area contributed by atoms with Crippen LogP contribution < -0.4 is 19.5 Å². The van der Waals surface area contributed by atoms with Crippen LogP contribution in [-0.2, 0) is 11.2 Å². The van der Waals surface area contributed by atoms with Gasteiger partial charge in [-0.15, -0.1) is 11.3 Å². The minimum absolute atomic E-state index is 0.0878. The summed E-state index contributed by atoms with van der Waals surface area (Å²) in [7, 11) is 4.64. The van der Waals surface area contributed by atoms with E-state index in [0.29, 0.717) is 35.8 Å². The van der Waals surface area contributed by atoms with Crippen LogP contribution in [0.2, 0.25) is 0 Å². The number of anilines is 1. The van der Waals surface area contributed by atoms with Crippen molar-refractivity contribution in [2.24, 2.45) is 0 Å². The number of nitrogens with one attached hydrogen (secondary N) is 1. The summed E-state index contributed by atoms with van der Waals surface area (Å²) in [6, 6.07) is 7.41. The number of rotatable bonds is 7. The molecule has 2 rings (SSSR count). The Hall–Kier alpha value is -2.21. The van der Waals surface area contributed by atoms with Crippen molar-refractivity contribution in [2.75, 3.05) is 26.6 Å². The van der Waals surface area contributed by atoms with Crippen molar-refractivity contribution in [2.45, 2.75) is 12.8 Å². The molecular formula is C16H19NO4S. The summed E-state index contributed by atoms with van der Waals surface area (Å²) in [6.45, 7) is 0. The number of methoxy groups -OCH3 is 3. The fraction of sp³-hybridized carbons (Fsp3) is 0.312. The van der Waals surface area contributed by atoms with Crippen LogP contribution in [-0.4, -0.2) is 27.2 Å². The van der Waals surface area contributed by atoms with Crippen LogP contribution >= 0.6 is 11.3 Å². The maximum absolute atomic E-state index is 12.1. The third-order valence-electron chi connectivity index (χ3n) is 3.16. The lowest BCUT2D eigenvalue weighted by Crippen LogP contribution is -2.14. The molecule has 0 spiro atoms. The predicted molar refractivity (Wildman–Crippen MR) is 87.4 cm³/mol. The van der Waals surface area contributed by atoms with Gasteiger partial charge in [0.1, 0.15) is 22.9 Å². The Balaban J connectivity index is 2.11. The predicted octanol–water partition coefficient (Wildman–Crippen LogP) is 3.35. The molecule has 0 aliphatic heterocycles. The van der Waals surface area contributed by atoms with Crippen molar-refractivity contribution < 1.29 is 19.0 Å². The van der Waals surface area contributed by atoms with Crippen LogP contribution in [0.1, 0.15) is 11.3 Å². The number of carbonyl (C=O) groups is 1. The van der Waals surface area contributed by atoms with Gasteiger partial charge in [0, 0.05) is 23.4 Å². The molecule has 0 fully saturated rings. The number of ether oxygens (including phenoxy) is 3. The molecule has 6 heteroatoms. The van der Waals surface area contributed by atoms with Gasteiger partial charge in [0.25, 0.3) is 0 Å². The van der Waals surface area contributed by atoms with Gasteiger partial charge in [0.15, 0.2) is 0 Å². The molecule has 1 heterocycles. The SMILES string of the molecule is COc1cc(OC)c(NC(=O)CCc2cccs2)c(OC)c1. The molecule has 118 valence electrons. The van der Waals surface area contributed by atoms with E-state index in [1.54, 1.807) is 30.6 Å². The van der Waals surface area contributed by atoms with Crippen LogP contribution in [0, 0.1) is 0 Å².